The SMILES string of the molecule is COCC(Br)Cc1ncccc1[N+](=O)[O-]. The molecule has 0 amide bonds. The summed E-state index contributed by atoms with van der Waals surface area (Å²) in [6.07, 6.45) is 2.03. The van der Waals surface area contributed by atoms with Crippen LogP contribution in [-0.2, 0) is 11.2 Å². The van der Waals surface area contributed by atoms with E-state index in [1.165, 1.54) is 6.07 Å². The van der Waals surface area contributed by atoms with Gasteiger partial charge in [0.25, 0.3) is 5.69 Å². The van der Waals surface area contributed by atoms with Gasteiger partial charge in [0.05, 0.1) is 11.5 Å². The van der Waals surface area contributed by atoms with Gasteiger partial charge in [-0.05, 0) is 6.07 Å². The quantitative estimate of drug-likeness (QED) is 0.468. The maximum absolute atomic E-state index is 10.7. The number of rotatable bonds is 5. The molecule has 0 aromatic carbocycles. The van der Waals surface area contributed by atoms with Gasteiger partial charge in [0.15, 0.2) is 0 Å². The Morgan fingerprint density at radius 3 is 3.07 bits per heavy atom. The van der Waals surface area contributed by atoms with Crippen LogP contribution in [0.2, 0.25) is 0 Å². The van der Waals surface area contributed by atoms with Gasteiger partial charge >= 0.3 is 0 Å². The van der Waals surface area contributed by atoms with Gasteiger partial charge in [-0.2, -0.15) is 0 Å². The number of ether oxygens (including phenoxy) is 1. The number of hydrogen-bond acceptors (Lipinski definition) is 4. The Bertz CT molecular complexity index is 346. The van der Waals surface area contributed by atoms with Crippen LogP contribution in [-0.4, -0.2) is 28.5 Å². The maximum atomic E-state index is 10.7. The predicted molar refractivity (Wildman–Crippen MR) is 59.2 cm³/mol. The number of pyridine rings is 1. The van der Waals surface area contributed by atoms with Crippen LogP contribution in [0.1, 0.15) is 5.69 Å². The molecule has 0 saturated carbocycles. The molecule has 0 fully saturated rings. The zero-order valence-electron chi connectivity index (χ0n) is 8.22. The van der Waals surface area contributed by atoms with E-state index in [0.29, 0.717) is 18.7 Å². The highest BCUT2D eigenvalue weighted by Gasteiger charge is 2.17. The smallest absolute Gasteiger partial charge is 0.290 e. The van der Waals surface area contributed by atoms with Gasteiger partial charge in [-0.1, -0.05) is 15.9 Å². The third-order valence-electron chi connectivity index (χ3n) is 1.83. The number of alkyl halides is 1. The molecule has 15 heavy (non-hydrogen) atoms. The molecule has 1 heterocycles. The van der Waals surface area contributed by atoms with Crippen LogP contribution in [0.25, 0.3) is 0 Å². The molecule has 0 saturated heterocycles. The van der Waals surface area contributed by atoms with Crippen LogP contribution in [0.5, 0.6) is 0 Å². The lowest BCUT2D eigenvalue weighted by Crippen LogP contribution is -2.12. The molecule has 1 unspecified atom stereocenters. The zero-order chi connectivity index (χ0) is 11.3. The van der Waals surface area contributed by atoms with Crippen LogP contribution in [0.3, 0.4) is 0 Å². The molecular weight excluding hydrogens is 264 g/mol. The van der Waals surface area contributed by atoms with Crippen molar-refractivity contribution in [1.82, 2.24) is 4.98 Å². The standard InChI is InChI=1S/C9H11BrN2O3/c1-15-6-7(10)5-8-9(12(13)14)3-2-4-11-8/h2-4,7H,5-6H2,1H3. The van der Waals surface area contributed by atoms with Gasteiger partial charge in [-0.25, -0.2) is 0 Å². The molecular formula is C9H11BrN2O3. The van der Waals surface area contributed by atoms with E-state index in [1.54, 1.807) is 19.4 Å². The van der Waals surface area contributed by atoms with Gasteiger partial charge in [0.1, 0.15) is 5.69 Å². The first-order chi connectivity index (χ1) is 7.15. The van der Waals surface area contributed by atoms with Crippen molar-refractivity contribution < 1.29 is 9.66 Å². The normalized spacial score (nSPS) is 12.4. The lowest BCUT2D eigenvalue weighted by molar-refractivity contribution is -0.385. The monoisotopic (exact) mass is 274 g/mol. The highest BCUT2D eigenvalue weighted by atomic mass is 79.9. The molecule has 5 nitrogen and oxygen atoms in total. The van der Waals surface area contributed by atoms with E-state index in [9.17, 15) is 10.1 Å². The Balaban J connectivity index is 2.79. The van der Waals surface area contributed by atoms with Gasteiger partial charge in [-0.3, -0.25) is 15.1 Å². The minimum absolute atomic E-state index is 0.0381. The molecule has 1 rings (SSSR count). The lowest BCUT2D eigenvalue weighted by Gasteiger charge is -2.07. The molecule has 0 bridgehead atoms. The summed E-state index contributed by atoms with van der Waals surface area (Å²) >= 11 is 3.37. The first-order valence-corrected chi connectivity index (χ1v) is 5.28. The summed E-state index contributed by atoms with van der Waals surface area (Å²) in [5, 5.41) is 10.7. The number of halogens is 1. The van der Waals surface area contributed by atoms with Crippen molar-refractivity contribution in [3.8, 4) is 0 Å². The van der Waals surface area contributed by atoms with Crippen molar-refractivity contribution in [1.29, 1.82) is 0 Å². The average Bonchev–Trinajstić information content (AvgIpc) is 2.18. The summed E-state index contributed by atoms with van der Waals surface area (Å²) in [5.74, 6) is 0. The van der Waals surface area contributed by atoms with Crippen LogP contribution in [0, 0.1) is 10.1 Å². The number of nitro groups is 1. The Morgan fingerprint density at radius 2 is 2.47 bits per heavy atom. The molecule has 6 heteroatoms. The van der Waals surface area contributed by atoms with Crippen molar-refractivity contribution in [2.24, 2.45) is 0 Å². The first-order valence-electron chi connectivity index (χ1n) is 4.36. The van der Waals surface area contributed by atoms with Gasteiger partial charge < -0.3 is 4.74 Å². The van der Waals surface area contributed by atoms with Crippen LogP contribution >= 0.6 is 15.9 Å². The molecule has 1 aromatic rings. The van der Waals surface area contributed by atoms with Crippen LogP contribution in [0.4, 0.5) is 5.69 Å². The molecule has 0 aliphatic rings. The van der Waals surface area contributed by atoms with E-state index in [4.69, 9.17) is 4.74 Å². The fraction of sp³-hybridized carbons (Fsp3) is 0.444. The first kappa shape index (κ1) is 12.1. The number of hydrogen-bond donors (Lipinski definition) is 0. The Morgan fingerprint density at radius 1 is 1.73 bits per heavy atom. The van der Waals surface area contributed by atoms with Crippen molar-refractivity contribution in [3.05, 3.63) is 34.1 Å². The molecule has 0 radical (unpaired) electrons. The Hall–Kier alpha value is -1.01. The largest absolute Gasteiger partial charge is 0.384 e. The summed E-state index contributed by atoms with van der Waals surface area (Å²) < 4.78 is 4.93. The summed E-state index contributed by atoms with van der Waals surface area (Å²) in [7, 11) is 1.58. The molecule has 1 atom stereocenters. The molecule has 0 aliphatic carbocycles. The van der Waals surface area contributed by atoms with E-state index >= 15 is 0 Å². The summed E-state index contributed by atoms with van der Waals surface area (Å²) in [4.78, 5) is 14.3. The number of methoxy groups -OCH3 is 1. The Labute approximate surface area is 95.7 Å². The maximum Gasteiger partial charge on any atom is 0.290 e. The van der Waals surface area contributed by atoms with E-state index in [2.05, 4.69) is 20.9 Å². The summed E-state index contributed by atoms with van der Waals surface area (Å²) in [5.41, 5.74) is 0.527. The Kier molecular flexibility index (Phi) is 4.64. The van der Waals surface area contributed by atoms with E-state index in [1.807, 2.05) is 0 Å². The second-order valence-electron chi connectivity index (χ2n) is 2.98. The van der Waals surface area contributed by atoms with E-state index in [-0.39, 0.29) is 10.5 Å². The number of aromatic nitrogens is 1. The van der Waals surface area contributed by atoms with Crippen molar-refractivity contribution in [2.75, 3.05) is 13.7 Å². The average molecular weight is 275 g/mol. The molecule has 82 valence electrons. The molecule has 0 N–H and O–H groups in total. The fourth-order valence-electron chi connectivity index (χ4n) is 1.20. The number of nitrogens with zero attached hydrogens (tertiary/aromatic N) is 2. The van der Waals surface area contributed by atoms with Gasteiger partial charge in [-0.15, -0.1) is 0 Å². The van der Waals surface area contributed by atoms with Crippen molar-refractivity contribution in [2.45, 2.75) is 11.2 Å². The third kappa shape index (κ3) is 3.56. The highest BCUT2D eigenvalue weighted by Crippen LogP contribution is 2.19. The topological polar surface area (TPSA) is 65.3 Å². The highest BCUT2D eigenvalue weighted by molar-refractivity contribution is 9.09. The minimum Gasteiger partial charge on any atom is -0.384 e. The van der Waals surface area contributed by atoms with Gasteiger partial charge in [0, 0.05) is 30.6 Å². The summed E-state index contributed by atoms with van der Waals surface area (Å²) in [6, 6.07) is 3.01. The van der Waals surface area contributed by atoms with Gasteiger partial charge in [0.2, 0.25) is 0 Å². The second-order valence-corrected chi connectivity index (χ2v) is 4.28. The molecule has 0 spiro atoms. The lowest BCUT2D eigenvalue weighted by atomic mass is 10.2. The van der Waals surface area contributed by atoms with Crippen LogP contribution < -0.4 is 0 Å². The summed E-state index contributed by atoms with van der Waals surface area (Å²) in [6.45, 7) is 0.494. The third-order valence-corrected chi connectivity index (χ3v) is 2.41. The predicted octanol–water partition coefficient (Wildman–Crippen LogP) is 1.94. The molecule has 1 aromatic heterocycles. The van der Waals surface area contributed by atoms with Crippen molar-refractivity contribution in [3.63, 3.8) is 0 Å². The second kappa shape index (κ2) is 5.77. The van der Waals surface area contributed by atoms with Crippen LogP contribution in [0.15, 0.2) is 18.3 Å². The molecule has 0 aliphatic heterocycles. The fourth-order valence-corrected chi connectivity index (χ4v) is 1.77. The minimum atomic E-state index is -0.422. The zero-order valence-corrected chi connectivity index (χ0v) is 9.81. The van der Waals surface area contributed by atoms with E-state index in [0.717, 1.165) is 0 Å². The van der Waals surface area contributed by atoms with E-state index < -0.39 is 4.92 Å². The van der Waals surface area contributed by atoms with Crippen molar-refractivity contribution >= 4 is 21.6 Å².